The Morgan fingerprint density at radius 2 is 2.06 bits per heavy atom. The number of halogens is 1. The molecule has 4 heteroatoms. The summed E-state index contributed by atoms with van der Waals surface area (Å²) in [6, 6.07) is 7.38. The molecule has 2 aromatic rings. The molecular weight excluding hydrogens is 298 g/mol. The summed E-state index contributed by atoms with van der Waals surface area (Å²) in [6.07, 6.45) is 0. The molecule has 1 aromatic heterocycles. The average Bonchev–Trinajstić information content (AvgIpc) is 2.61. The minimum Gasteiger partial charge on any atom is -0.398 e. The van der Waals surface area contributed by atoms with Crippen molar-refractivity contribution in [2.24, 2.45) is 0 Å². The summed E-state index contributed by atoms with van der Waals surface area (Å²) >= 11 is 4.89. The van der Waals surface area contributed by atoms with E-state index in [-0.39, 0.29) is 5.78 Å². The van der Waals surface area contributed by atoms with E-state index in [0.29, 0.717) is 15.7 Å². The van der Waals surface area contributed by atoms with Gasteiger partial charge in [-0.3, -0.25) is 4.79 Å². The Labute approximate surface area is 113 Å². The molecule has 0 radical (unpaired) electrons. The van der Waals surface area contributed by atoms with E-state index in [9.17, 15) is 4.79 Å². The second-order valence-corrected chi connectivity index (χ2v) is 5.96. The van der Waals surface area contributed by atoms with Crippen LogP contribution in [0, 0.1) is 13.8 Å². The van der Waals surface area contributed by atoms with E-state index in [1.807, 2.05) is 19.9 Å². The normalized spacial score (nSPS) is 10.5. The van der Waals surface area contributed by atoms with Crippen LogP contribution in [-0.2, 0) is 0 Å². The van der Waals surface area contributed by atoms with Crippen LogP contribution in [0.5, 0.6) is 0 Å². The maximum atomic E-state index is 12.4. The van der Waals surface area contributed by atoms with E-state index in [4.69, 9.17) is 5.73 Å². The minimum absolute atomic E-state index is 0.0276. The van der Waals surface area contributed by atoms with Gasteiger partial charge < -0.3 is 5.73 Å². The molecule has 0 saturated heterocycles. The Hall–Kier alpha value is -1.13. The molecule has 17 heavy (non-hydrogen) atoms. The van der Waals surface area contributed by atoms with Crippen molar-refractivity contribution in [3.63, 3.8) is 0 Å². The zero-order chi connectivity index (χ0) is 12.6. The number of ketones is 1. The molecule has 0 spiro atoms. The zero-order valence-corrected chi connectivity index (χ0v) is 12.0. The Morgan fingerprint density at radius 1 is 1.35 bits per heavy atom. The molecule has 2 rings (SSSR count). The standard InChI is InChI=1S/C13H12BrNOS/c1-7-6-8(2)17-13(7)12(16)9-4-3-5-10(15)11(9)14/h3-6H,15H2,1-2H3. The number of carbonyl (C=O) groups excluding carboxylic acids is 1. The lowest BCUT2D eigenvalue weighted by Gasteiger charge is -2.05. The largest absolute Gasteiger partial charge is 0.398 e. The van der Waals surface area contributed by atoms with Crippen LogP contribution in [0.15, 0.2) is 28.7 Å². The van der Waals surface area contributed by atoms with Crippen molar-refractivity contribution >= 4 is 38.7 Å². The van der Waals surface area contributed by atoms with Crippen LogP contribution in [-0.4, -0.2) is 5.78 Å². The number of nitrogen functional groups attached to an aromatic ring is 1. The van der Waals surface area contributed by atoms with Gasteiger partial charge in [-0.15, -0.1) is 11.3 Å². The van der Waals surface area contributed by atoms with Crippen molar-refractivity contribution in [1.82, 2.24) is 0 Å². The first kappa shape index (κ1) is 12.3. The van der Waals surface area contributed by atoms with Gasteiger partial charge in [0.25, 0.3) is 0 Å². The predicted octanol–water partition coefficient (Wildman–Crippen LogP) is 3.94. The summed E-state index contributed by atoms with van der Waals surface area (Å²) in [6.45, 7) is 3.96. The number of benzene rings is 1. The van der Waals surface area contributed by atoms with Crippen LogP contribution >= 0.6 is 27.3 Å². The molecule has 0 saturated carbocycles. The van der Waals surface area contributed by atoms with Gasteiger partial charge in [0.05, 0.1) is 9.35 Å². The monoisotopic (exact) mass is 309 g/mol. The van der Waals surface area contributed by atoms with E-state index < -0.39 is 0 Å². The van der Waals surface area contributed by atoms with Gasteiger partial charge in [0, 0.05) is 16.1 Å². The van der Waals surface area contributed by atoms with Gasteiger partial charge >= 0.3 is 0 Å². The second kappa shape index (κ2) is 4.63. The minimum atomic E-state index is 0.0276. The highest BCUT2D eigenvalue weighted by Gasteiger charge is 2.17. The zero-order valence-electron chi connectivity index (χ0n) is 9.58. The molecule has 0 fully saturated rings. The van der Waals surface area contributed by atoms with Crippen molar-refractivity contribution in [3.8, 4) is 0 Å². The molecule has 88 valence electrons. The summed E-state index contributed by atoms with van der Waals surface area (Å²) < 4.78 is 0.676. The molecule has 0 aliphatic carbocycles. The van der Waals surface area contributed by atoms with Crippen molar-refractivity contribution in [1.29, 1.82) is 0 Å². The molecule has 0 bridgehead atoms. The van der Waals surface area contributed by atoms with Gasteiger partial charge in [0.2, 0.25) is 5.78 Å². The van der Waals surface area contributed by atoms with E-state index in [1.165, 1.54) is 11.3 Å². The van der Waals surface area contributed by atoms with Crippen LogP contribution in [0.3, 0.4) is 0 Å². The van der Waals surface area contributed by atoms with E-state index >= 15 is 0 Å². The Balaban J connectivity index is 2.51. The molecular formula is C13H12BrNOS. The Bertz CT molecular complexity index is 589. The first-order valence-corrected chi connectivity index (χ1v) is 6.77. The molecule has 2 nitrogen and oxygen atoms in total. The first-order valence-electron chi connectivity index (χ1n) is 5.16. The molecule has 1 heterocycles. The third kappa shape index (κ3) is 2.28. The highest BCUT2D eigenvalue weighted by atomic mass is 79.9. The van der Waals surface area contributed by atoms with Crippen LogP contribution in [0.1, 0.15) is 25.7 Å². The lowest BCUT2D eigenvalue weighted by Crippen LogP contribution is -2.03. The third-order valence-corrected chi connectivity index (χ3v) is 4.56. The average molecular weight is 310 g/mol. The van der Waals surface area contributed by atoms with Crippen LogP contribution in [0.25, 0.3) is 0 Å². The lowest BCUT2D eigenvalue weighted by molar-refractivity contribution is 0.104. The smallest absolute Gasteiger partial charge is 0.204 e. The highest BCUT2D eigenvalue weighted by molar-refractivity contribution is 9.10. The summed E-state index contributed by atoms with van der Waals surface area (Å²) in [5.41, 5.74) is 8.01. The molecule has 1 aromatic carbocycles. The van der Waals surface area contributed by atoms with Crippen molar-refractivity contribution in [3.05, 3.63) is 49.6 Å². The number of carbonyl (C=O) groups is 1. The summed E-state index contributed by atoms with van der Waals surface area (Å²) in [5.74, 6) is 0.0276. The summed E-state index contributed by atoms with van der Waals surface area (Å²) in [7, 11) is 0. The van der Waals surface area contributed by atoms with Crippen molar-refractivity contribution in [2.45, 2.75) is 13.8 Å². The van der Waals surface area contributed by atoms with E-state index in [2.05, 4.69) is 15.9 Å². The lowest BCUT2D eigenvalue weighted by atomic mass is 10.1. The van der Waals surface area contributed by atoms with Gasteiger partial charge in [0.1, 0.15) is 0 Å². The number of anilines is 1. The van der Waals surface area contributed by atoms with Gasteiger partial charge in [-0.1, -0.05) is 6.07 Å². The number of nitrogens with two attached hydrogens (primary N) is 1. The number of rotatable bonds is 2. The van der Waals surface area contributed by atoms with Crippen LogP contribution in [0.4, 0.5) is 5.69 Å². The SMILES string of the molecule is Cc1cc(C)c(C(=O)c2cccc(N)c2Br)s1. The maximum absolute atomic E-state index is 12.4. The van der Waals surface area contributed by atoms with Gasteiger partial charge in [0.15, 0.2) is 0 Å². The van der Waals surface area contributed by atoms with E-state index in [1.54, 1.807) is 18.2 Å². The van der Waals surface area contributed by atoms with Gasteiger partial charge in [-0.05, 0) is 53.5 Å². The second-order valence-electron chi connectivity index (χ2n) is 3.91. The number of hydrogen-bond acceptors (Lipinski definition) is 3. The van der Waals surface area contributed by atoms with Gasteiger partial charge in [-0.2, -0.15) is 0 Å². The molecule has 2 N–H and O–H groups in total. The predicted molar refractivity (Wildman–Crippen MR) is 75.8 cm³/mol. The number of hydrogen-bond donors (Lipinski definition) is 1. The number of thiophene rings is 1. The van der Waals surface area contributed by atoms with Crippen molar-refractivity contribution in [2.75, 3.05) is 5.73 Å². The fourth-order valence-corrected chi connectivity index (χ4v) is 3.14. The van der Waals surface area contributed by atoms with E-state index in [0.717, 1.165) is 15.3 Å². The van der Waals surface area contributed by atoms with Gasteiger partial charge in [-0.25, -0.2) is 0 Å². The molecule has 0 atom stereocenters. The summed E-state index contributed by atoms with van der Waals surface area (Å²) in [4.78, 5) is 14.3. The first-order chi connectivity index (χ1) is 8.00. The fourth-order valence-electron chi connectivity index (χ4n) is 1.71. The molecule has 0 aliphatic heterocycles. The molecule has 0 aliphatic rings. The maximum Gasteiger partial charge on any atom is 0.204 e. The van der Waals surface area contributed by atoms with Crippen LogP contribution < -0.4 is 5.73 Å². The topological polar surface area (TPSA) is 43.1 Å². The molecule has 0 amide bonds. The van der Waals surface area contributed by atoms with Crippen LogP contribution in [0.2, 0.25) is 0 Å². The fraction of sp³-hybridized carbons (Fsp3) is 0.154. The quantitative estimate of drug-likeness (QED) is 0.674. The summed E-state index contributed by atoms with van der Waals surface area (Å²) in [5, 5.41) is 0. The highest BCUT2D eigenvalue weighted by Crippen LogP contribution is 2.29. The Kier molecular flexibility index (Phi) is 3.35. The number of aryl methyl sites for hydroxylation is 2. The third-order valence-electron chi connectivity index (χ3n) is 2.52. The Morgan fingerprint density at radius 3 is 2.65 bits per heavy atom. The van der Waals surface area contributed by atoms with Crippen molar-refractivity contribution < 1.29 is 4.79 Å². The molecule has 0 unspecified atom stereocenters.